The number of allylic oxidation sites excluding steroid dienone is 1. The number of halogens is 2. The Bertz CT molecular complexity index is 1150. The quantitative estimate of drug-likeness (QED) is 0.244. The lowest BCUT2D eigenvalue weighted by Gasteiger charge is -2.47. The highest BCUT2D eigenvalue weighted by molar-refractivity contribution is 8.21. The second kappa shape index (κ2) is 9.68. The molecule has 1 spiro atoms. The first-order chi connectivity index (χ1) is 16.7. The molecule has 0 bridgehead atoms. The van der Waals surface area contributed by atoms with Crippen LogP contribution in [-0.4, -0.2) is 52.9 Å². The van der Waals surface area contributed by atoms with Crippen LogP contribution in [0.25, 0.3) is 10.4 Å². The van der Waals surface area contributed by atoms with Crippen LogP contribution in [0.4, 0.5) is 14.6 Å². The molecule has 0 atom stereocenters. The van der Waals surface area contributed by atoms with E-state index in [-0.39, 0.29) is 5.54 Å². The fourth-order valence-corrected chi connectivity index (χ4v) is 6.35. The van der Waals surface area contributed by atoms with Crippen LogP contribution in [0.1, 0.15) is 58.4 Å². The van der Waals surface area contributed by atoms with Crippen molar-refractivity contribution in [3.05, 3.63) is 29.5 Å². The van der Waals surface area contributed by atoms with E-state index < -0.39 is 11.5 Å². The molecule has 2 N–H and O–H groups in total. The largest absolute Gasteiger partial charge is 0.380 e. The van der Waals surface area contributed by atoms with Crippen molar-refractivity contribution in [2.45, 2.75) is 69.7 Å². The molecule has 1 saturated carbocycles. The van der Waals surface area contributed by atoms with E-state index in [1.807, 2.05) is 18.4 Å². The van der Waals surface area contributed by atoms with Crippen LogP contribution < -0.4 is 9.62 Å². The molecule has 190 valence electrons. The number of alkyl halides is 2. The minimum absolute atomic E-state index is 0.174. The third-order valence-corrected chi connectivity index (χ3v) is 9.76. The number of rotatable bonds is 8. The molecule has 5 rings (SSSR count). The fourth-order valence-electron chi connectivity index (χ4n) is 4.55. The second-order valence-corrected chi connectivity index (χ2v) is 12.3. The summed E-state index contributed by atoms with van der Waals surface area (Å²) >= 11 is 2.49. The molecule has 2 aromatic heterocycles. The van der Waals surface area contributed by atoms with Crippen LogP contribution in [0.3, 0.4) is 0 Å². The van der Waals surface area contributed by atoms with Crippen molar-refractivity contribution in [2.75, 3.05) is 31.2 Å². The van der Waals surface area contributed by atoms with E-state index in [2.05, 4.69) is 28.7 Å². The van der Waals surface area contributed by atoms with Gasteiger partial charge in [-0.2, -0.15) is 5.10 Å². The summed E-state index contributed by atoms with van der Waals surface area (Å²) in [6, 6.07) is 4.28. The Labute approximate surface area is 213 Å². The molecule has 0 unspecified atom stereocenters. The molecular formula is C25H33F2N5OS2. The van der Waals surface area contributed by atoms with Gasteiger partial charge in [-0.1, -0.05) is 24.3 Å². The number of hydrogen-bond donors (Lipinski definition) is 2. The number of hydrogen-bond acceptors (Lipinski definition) is 7. The van der Waals surface area contributed by atoms with Gasteiger partial charge in [0.1, 0.15) is 10.9 Å². The lowest BCUT2D eigenvalue weighted by atomic mass is 9.77. The van der Waals surface area contributed by atoms with Gasteiger partial charge in [0.15, 0.2) is 0 Å². The SMILES string of the molecule is CCC(C)=C(SC(=N)C(F)F)c1cnn2c(N3CCC4(CC3)COC4)cc(SNC3(C)CC3)cc12. The average molecular weight is 522 g/mol. The van der Waals surface area contributed by atoms with Crippen LogP contribution in [0.15, 0.2) is 28.8 Å². The van der Waals surface area contributed by atoms with Gasteiger partial charge in [-0.25, -0.2) is 13.3 Å². The first-order valence-electron chi connectivity index (χ1n) is 12.3. The standard InChI is InChI=1S/C25H33F2N5OS2/c1-4-16(2)21(34-23(28)22(26)27)18-13-29-32-19(18)11-17(35-30-24(3)5-6-24)12-20(32)31-9-7-25(8-10-31)14-33-15-25/h11-13,22,28,30H,4-10,14-15H2,1-3H3. The minimum Gasteiger partial charge on any atom is -0.380 e. The third-order valence-electron chi connectivity index (χ3n) is 7.53. The number of aromatic nitrogens is 2. The highest BCUT2D eigenvalue weighted by atomic mass is 32.2. The maximum absolute atomic E-state index is 13.3. The van der Waals surface area contributed by atoms with E-state index in [9.17, 15) is 8.78 Å². The second-order valence-electron chi connectivity index (χ2n) is 10.4. The first-order valence-corrected chi connectivity index (χ1v) is 13.9. The summed E-state index contributed by atoms with van der Waals surface area (Å²) in [5.74, 6) is 1.02. The Kier molecular flexibility index (Phi) is 6.93. The Hall–Kier alpha value is -1.62. The third kappa shape index (κ3) is 5.12. The van der Waals surface area contributed by atoms with Crippen LogP contribution in [0, 0.1) is 10.8 Å². The van der Waals surface area contributed by atoms with Gasteiger partial charge in [-0.05, 0) is 70.0 Å². The van der Waals surface area contributed by atoms with Crippen molar-refractivity contribution < 1.29 is 13.5 Å². The highest BCUT2D eigenvalue weighted by Gasteiger charge is 2.42. The number of piperidine rings is 1. The van der Waals surface area contributed by atoms with Gasteiger partial charge in [-0.15, -0.1) is 0 Å². The van der Waals surface area contributed by atoms with Gasteiger partial charge >= 0.3 is 0 Å². The Morgan fingerprint density at radius 3 is 2.51 bits per heavy atom. The Morgan fingerprint density at radius 1 is 1.23 bits per heavy atom. The van der Waals surface area contributed by atoms with E-state index in [1.165, 1.54) is 0 Å². The molecule has 2 saturated heterocycles. The van der Waals surface area contributed by atoms with Crippen LogP contribution in [-0.2, 0) is 4.74 Å². The van der Waals surface area contributed by atoms with Gasteiger partial charge in [-0.3, -0.25) is 10.1 Å². The van der Waals surface area contributed by atoms with E-state index in [0.717, 1.165) is 91.1 Å². The molecule has 3 aliphatic rings. The predicted molar refractivity (Wildman–Crippen MR) is 141 cm³/mol. The first kappa shape index (κ1) is 25.0. The normalized spacial score (nSPS) is 21.4. The number of thioether (sulfide) groups is 1. The summed E-state index contributed by atoms with van der Waals surface area (Å²) in [7, 11) is 0. The molecule has 0 amide bonds. The zero-order chi connectivity index (χ0) is 24.8. The zero-order valence-corrected chi connectivity index (χ0v) is 22.1. The van der Waals surface area contributed by atoms with Crippen LogP contribution >= 0.6 is 23.7 Å². The number of nitrogens with one attached hydrogen (secondary N) is 2. The summed E-state index contributed by atoms with van der Waals surface area (Å²) in [4.78, 5) is 4.17. The topological polar surface area (TPSA) is 65.7 Å². The van der Waals surface area contributed by atoms with Crippen molar-refractivity contribution in [2.24, 2.45) is 5.41 Å². The lowest BCUT2D eigenvalue weighted by molar-refractivity contribution is -0.124. The number of fused-ring (bicyclic) bond motifs is 1. The van der Waals surface area contributed by atoms with E-state index in [1.54, 1.807) is 18.1 Å². The monoisotopic (exact) mass is 521 g/mol. The van der Waals surface area contributed by atoms with Crippen LogP contribution in [0.5, 0.6) is 0 Å². The number of pyridine rings is 1. The molecule has 1 aliphatic carbocycles. The van der Waals surface area contributed by atoms with E-state index in [4.69, 9.17) is 15.2 Å². The van der Waals surface area contributed by atoms with Gasteiger partial charge < -0.3 is 9.64 Å². The molecule has 2 aliphatic heterocycles. The minimum atomic E-state index is -2.79. The zero-order valence-electron chi connectivity index (χ0n) is 20.5. The van der Waals surface area contributed by atoms with Gasteiger partial charge in [0.2, 0.25) is 0 Å². The van der Waals surface area contributed by atoms with E-state index >= 15 is 0 Å². The predicted octanol–water partition coefficient (Wildman–Crippen LogP) is 6.22. The smallest absolute Gasteiger partial charge is 0.285 e. The fraction of sp³-hybridized carbons (Fsp3) is 0.600. The van der Waals surface area contributed by atoms with Crippen molar-refractivity contribution >= 4 is 45.0 Å². The summed E-state index contributed by atoms with van der Waals surface area (Å²) < 4.78 is 37.6. The molecule has 2 aromatic rings. The molecule has 0 aromatic carbocycles. The average Bonchev–Trinajstić information content (AvgIpc) is 3.43. The lowest BCUT2D eigenvalue weighted by Crippen LogP contribution is -2.51. The van der Waals surface area contributed by atoms with Crippen molar-refractivity contribution in [3.8, 4) is 0 Å². The molecule has 10 heteroatoms. The number of anilines is 1. The molecule has 35 heavy (non-hydrogen) atoms. The maximum atomic E-state index is 13.3. The summed E-state index contributed by atoms with van der Waals surface area (Å²) in [6.45, 7) is 9.78. The molecule has 4 heterocycles. The Morgan fingerprint density at radius 2 is 1.94 bits per heavy atom. The van der Waals surface area contributed by atoms with Gasteiger partial charge in [0, 0.05) is 39.4 Å². The number of ether oxygens (including phenoxy) is 1. The summed E-state index contributed by atoms with van der Waals surface area (Å²) in [5.41, 5.74) is 3.18. The summed E-state index contributed by atoms with van der Waals surface area (Å²) in [5, 5.41) is 11.9. The van der Waals surface area contributed by atoms with Crippen molar-refractivity contribution in [1.29, 1.82) is 5.41 Å². The Balaban J connectivity index is 1.54. The highest BCUT2D eigenvalue weighted by Crippen LogP contribution is 2.43. The van der Waals surface area contributed by atoms with E-state index in [0.29, 0.717) is 16.7 Å². The maximum Gasteiger partial charge on any atom is 0.285 e. The van der Waals surface area contributed by atoms with Gasteiger partial charge in [0.25, 0.3) is 6.43 Å². The van der Waals surface area contributed by atoms with Gasteiger partial charge in [0.05, 0.1) is 24.9 Å². The molecule has 0 radical (unpaired) electrons. The summed E-state index contributed by atoms with van der Waals surface area (Å²) in [6.07, 6.45) is 4.22. The molecule has 3 fully saturated rings. The van der Waals surface area contributed by atoms with Crippen molar-refractivity contribution in [3.63, 3.8) is 0 Å². The van der Waals surface area contributed by atoms with Crippen molar-refractivity contribution in [1.82, 2.24) is 14.3 Å². The number of nitrogens with zero attached hydrogens (tertiary/aromatic N) is 3. The molecular weight excluding hydrogens is 488 g/mol. The molecule has 6 nitrogen and oxygen atoms in total. The van der Waals surface area contributed by atoms with Crippen LogP contribution in [0.2, 0.25) is 0 Å².